The highest BCUT2D eigenvalue weighted by molar-refractivity contribution is 5.50. The Kier molecular flexibility index (Phi) is 4.18. The van der Waals surface area contributed by atoms with Crippen molar-refractivity contribution in [2.45, 2.75) is 31.6 Å². The highest BCUT2D eigenvalue weighted by Gasteiger charge is 2.18. The van der Waals surface area contributed by atoms with E-state index in [1.165, 1.54) is 6.92 Å². The molecular weight excluding hydrogens is 134 g/mol. The summed E-state index contributed by atoms with van der Waals surface area (Å²) in [7, 11) is 0. The lowest BCUT2D eigenvalue weighted by Gasteiger charge is -2.18. The number of hydrogen-bond acceptors (Lipinski definition) is 4. The first-order valence-electron chi connectivity index (χ1n) is 3.15. The fourth-order valence-electron chi connectivity index (χ4n) is 0.608. The van der Waals surface area contributed by atoms with Gasteiger partial charge in [0.15, 0.2) is 0 Å². The van der Waals surface area contributed by atoms with Crippen LogP contribution in [-0.2, 0) is 4.79 Å². The zero-order chi connectivity index (χ0) is 8.15. The summed E-state index contributed by atoms with van der Waals surface area (Å²) in [5.74, 6) is 0. The van der Waals surface area contributed by atoms with E-state index in [0.29, 0.717) is 6.29 Å². The number of aliphatic hydroxyl groups excluding tert-OH is 2. The van der Waals surface area contributed by atoms with Crippen LogP contribution in [0.25, 0.3) is 0 Å². The highest BCUT2D eigenvalue weighted by Crippen LogP contribution is 1.98. The van der Waals surface area contributed by atoms with Crippen LogP contribution >= 0.6 is 0 Å². The molecule has 0 saturated heterocycles. The molecule has 0 rings (SSSR count). The van der Waals surface area contributed by atoms with Gasteiger partial charge in [0.25, 0.3) is 0 Å². The fourth-order valence-corrected chi connectivity index (χ4v) is 0.608. The Balaban J connectivity index is 3.68. The second-order valence-corrected chi connectivity index (χ2v) is 2.30. The Morgan fingerprint density at radius 3 is 2.40 bits per heavy atom. The second-order valence-electron chi connectivity index (χ2n) is 2.30. The molecule has 0 aromatic heterocycles. The van der Waals surface area contributed by atoms with Crippen molar-refractivity contribution in [2.24, 2.45) is 5.73 Å². The summed E-state index contributed by atoms with van der Waals surface area (Å²) >= 11 is 0. The predicted octanol–water partition coefficient (Wildman–Crippen LogP) is -1.36. The molecule has 60 valence electrons. The van der Waals surface area contributed by atoms with E-state index in [4.69, 9.17) is 15.9 Å². The maximum atomic E-state index is 9.87. The van der Waals surface area contributed by atoms with E-state index in [1.807, 2.05) is 0 Å². The first-order chi connectivity index (χ1) is 4.59. The van der Waals surface area contributed by atoms with Crippen molar-refractivity contribution in [3.05, 3.63) is 0 Å². The molecule has 10 heavy (non-hydrogen) atoms. The van der Waals surface area contributed by atoms with Crippen LogP contribution in [0.5, 0.6) is 0 Å². The summed E-state index contributed by atoms with van der Waals surface area (Å²) < 4.78 is 0. The van der Waals surface area contributed by atoms with Gasteiger partial charge in [0.05, 0.1) is 12.2 Å². The van der Waals surface area contributed by atoms with E-state index in [-0.39, 0.29) is 6.42 Å². The van der Waals surface area contributed by atoms with Crippen molar-refractivity contribution in [3.8, 4) is 0 Å². The smallest absolute Gasteiger partial charge is 0.121 e. The molecule has 0 unspecified atom stereocenters. The quantitative estimate of drug-likeness (QED) is 0.429. The van der Waals surface area contributed by atoms with Gasteiger partial charge in [-0.3, -0.25) is 0 Å². The number of hydrogen-bond donors (Lipinski definition) is 3. The molecule has 3 atom stereocenters. The van der Waals surface area contributed by atoms with Gasteiger partial charge in [-0.1, -0.05) is 0 Å². The molecule has 0 amide bonds. The third kappa shape index (κ3) is 2.91. The molecule has 0 saturated carbocycles. The van der Waals surface area contributed by atoms with E-state index in [1.54, 1.807) is 0 Å². The molecule has 0 aliphatic rings. The van der Waals surface area contributed by atoms with Crippen molar-refractivity contribution >= 4 is 6.29 Å². The van der Waals surface area contributed by atoms with Crippen LogP contribution in [0.15, 0.2) is 0 Å². The monoisotopic (exact) mass is 147 g/mol. The predicted molar refractivity (Wildman–Crippen MR) is 36.3 cm³/mol. The first-order valence-corrected chi connectivity index (χ1v) is 3.15. The minimum absolute atomic E-state index is 0.0755. The zero-order valence-electron chi connectivity index (χ0n) is 5.90. The fraction of sp³-hybridized carbons (Fsp3) is 0.833. The van der Waals surface area contributed by atoms with Gasteiger partial charge in [-0.25, -0.2) is 0 Å². The van der Waals surface area contributed by atoms with Crippen LogP contribution in [0.2, 0.25) is 0 Å². The Labute approximate surface area is 59.7 Å². The molecule has 4 nitrogen and oxygen atoms in total. The summed E-state index contributed by atoms with van der Waals surface area (Å²) in [5.41, 5.74) is 5.29. The summed E-state index contributed by atoms with van der Waals surface area (Å²) in [5, 5.41) is 17.8. The molecular formula is C6H13NO3. The van der Waals surface area contributed by atoms with Gasteiger partial charge in [-0.05, 0) is 6.92 Å². The Hall–Kier alpha value is -0.450. The minimum Gasteiger partial charge on any atom is -0.391 e. The molecule has 0 spiro atoms. The van der Waals surface area contributed by atoms with Crippen LogP contribution in [0.1, 0.15) is 13.3 Å². The second kappa shape index (κ2) is 4.38. The number of nitrogens with two attached hydrogens (primary N) is 1. The molecule has 0 bridgehead atoms. The lowest BCUT2D eigenvalue weighted by molar-refractivity contribution is -0.109. The number of aliphatic hydroxyl groups is 2. The SMILES string of the molecule is C[C@H](O)[C@@H](O)[C@@H](N)CC=O. The Morgan fingerprint density at radius 1 is 1.60 bits per heavy atom. The summed E-state index contributed by atoms with van der Waals surface area (Å²) in [6.45, 7) is 1.43. The molecule has 4 heteroatoms. The maximum Gasteiger partial charge on any atom is 0.121 e. The van der Waals surface area contributed by atoms with Crippen LogP contribution in [0, 0.1) is 0 Å². The van der Waals surface area contributed by atoms with Gasteiger partial charge in [-0.2, -0.15) is 0 Å². The molecule has 0 fully saturated rings. The summed E-state index contributed by atoms with van der Waals surface area (Å²) in [4.78, 5) is 9.87. The number of carbonyl (C=O) groups excluding carboxylic acids is 1. The van der Waals surface area contributed by atoms with Crippen molar-refractivity contribution in [1.29, 1.82) is 0 Å². The van der Waals surface area contributed by atoms with Crippen LogP contribution < -0.4 is 5.73 Å². The first kappa shape index (κ1) is 9.55. The van der Waals surface area contributed by atoms with Crippen LogP contribution in [-0.4, -0.2) is 34.7 Å². The average Bonchev–Trinajstić information content (AvgIpc) is 1.87. The standard InChI is InChI=1S/C6H13NO3/c1-4(9)6(10)5(7)2-3-8/h3-6,9-10H,2,7H2,1H3/t4-,5-,6+/m0/s1. The molecule has 0 aliphatic carbocycles. The van der Waals surface area contributed by atoms with E-state index < -0.39 is 18.2 Å². The van der Waals surface area contributed by atoms with Gasteiger partial charge in [-0.15, -0.1) is 0 Å². The average molecular weight is 147 g/mol. The van der Waals surface area contributed by atoms with E-state index in [0.717, 1.165) is 0 Å². The topological polar surface area (TPSA) is 83.6 Å². The zero-order valence-corrected chi connectivity index (χ0v) is 5.90. The van der Waals surface area contributed by atoms with Crippen molar-refractivity contribution in [1.82, 2.24) is 0 Å². The molecule has 0 aromatic rings. The number of rotatable bonds is 4. The van der Waals surface area contributed by atoms with Crippen molar-refractivity contribution < 1.29 is 15.0 Å². The third-order valence-electron chi connectivity index (χ3n) is 1.30. The largest absolute Gasteiger partial charge is 0.391 e. The van der Waals surface area contributed by atoms with Gasteiger partial charge < -0.3 is 20.7 Å². The van der Waals surface area contributed by atoms with Gasteiger partial charge >= 0.3 is 0 Å². The Bertz CT molecular complexity index is 105. The summed E-state index contributed by atoms with van der Waals surface area (Å²) in [6, 6.07) is -0.655. The van der Waals surface area contributed by atoms with Crippen molar-refractivity contribution in [3.63, 3.8) is 0 Å². The number of carbonyl (C=O) groups is 1. The highest BCUT2D eigenvalue weighted by atomic mass is 16.3. The van der Waals surface area contributed by atoms with E-state index in [9.17, 15) is 4.79 Å². The lowest BCUT2D eigenvalue weighted by Crippen LogP contribution is -2.41. The lowest BCUT2D eigenvalue weighted by atomic mass is 10.1. The van der Waals surface area contributed by atoms with Crippen LogP contribution in [0.4, 0.5) is 0 Å². The molecule has 0 heterocycles. The van der Waals surface area contributed by atoms with Gasteiger partial charge in [0, 0.05) is 12.5 Å². The van der Waals surface area contributed by atoms with E-state index in [2.05, 4.69) is 0 Å². The molecule has 0 aliphatic heterocycles. The minimum atomic E-state index is -1.01. The van der Waals surface area contributed by atoms with Crippen molar-refractivity contribution in [2.75, 3.05) is 0 Å². The maximum absolute atomic E-state index is 9.87. The third-order valence-corrected chi connectivity index (χ3v) is 1.30. The number of aldehydes is 1. The normalized spacial score (nSPS) is 19.6. The molecule has 0 radical (unpaired) electrons. The van der Waals surface area contributed by atoms with Gasteiger partial charge in [0.1, 0.15) is 6.29 Å². The Morgan fingerprint density at radius 2 is 2.10 bits per heavy atom. The van der Waals surface area contributed by atoms with Gasteiger partial charge in [0.2, 0.25) is 0 Å². The van der Waals surface area contributed by atoms with Crippen LogP contribution in [0.3, 0.4) is 0 Å². The molecule has 4 N–H and O–H groups in total. The summed E-state index contributed by atoms with van der Waals surface area (Å²) in [6.07, 6.45) is -1.19. The molecule has 0 aromatic carbocycles. The van der Waals surface area contributed by atoms with E-state index >= 15 is 0 Å².